The van der Waals surface area contributed by atoms with Gasteiger partial charge in [-0.05, 0) is 42.0 Å². The van der Waals surface area contributed by atoms with Gasteiger partial charge in [0.25, 0.3) is 0 Å². The van der Waals surface area contributed by atoms with Crippen molar-refractivity contribution < 1.29 is 8.42 Å². The topological polar surface area (TPSA) is 60.2 Å². The van der Waals surface area contributed by atoms with E-state index in [2.05, 4.69) is 15.9 Å². The van der Waals surface area contributed by atoms with E-state index in [1.165, 1.54) is 12.1 Å². The summed E-state index contributed by atoms with van der Waals surface area (Å²) in [5.41, 5.74) is 6.97. The summed E-state index contributed by atoms with van der Waals surface area (Å²) in [6.07, 6.45) is 0. The highest BCUT2D eigenvalue weighted by Gasteiger charge is 2.57. The Bertz CT molecular complexity index is 759. The zero-order valence-corrected chi connectivity index (χ0v) is 14.1. The lowest BCUT2D eigenvalue weighted by molar-refractivity contribution is 0.593. The number of halogens is 2. The summed E-state index contributed by atoms with van der Waals surface area (Å²) < 4.78 is 26.2. The minimum atomic E-state index is -3.43. The molecule has 0 aromatic heterocycles. The molecule has 2 N–H and O–H groups in total. The summed E-state index contributed by atoms with van der Waals surface area (Å²) in [6.45, 7) is 0. The molecule has 1 fully saturated rings. The first-order valence-electron chi connectivity index (χ1n) is 6.42. The first kappa shape index (κ1) is 15.0. The first-order chi connectivity index (χ1) is 9.91. The average molecular weight is 387 g/mol. The fourth-order valence-electron chi connectivity index (χ4n) is 2.58. The van der Waals surface area contributed by atoms with Gasteiger partial charge in [0.1, 0.15) is 0 Å². The first-order valence-corrected chi connectivity index (χ1v) is 9.13. The Morgan fingerprint density at radius 2 is 1.57 bits per heavy atom. The second-order valence-electron chi connectivity index (χ2n) is 5.12. The third-order valence-electron chi connectivity index (χ3n) is 3.76. The molecule has 0 aliphatic heterocycles. The second kappa shape index (κ2) is 5.39. The largest absolute Gasteiger partial charge is 0.326 e. The highest BCUT2D eigenvalue weighted by molar-refractivity contribution is 9.10. The monoisotopic (exact) mass is 385 g/mol. The van der Waals surface area contributed by atoms with Crippen LogP contribution in [-0.4, -0.2) is 19.7 Å². The highest BCUT2D eigenvalue weighted by atomic mass is 79.9. The van der Waals surface area contributed by atoms with Crippen molar-refractivity contribution in [3.63, 3.8) is 0 Å². The van der Waals surface area contributed by atoms with Gasteiger partial charge in [0, 0.05) is 21.5 Å². The summed E-state index contributed by atoms with van der Waals surface area (Å²) in [5.74, 6) is -0.154. The molecule has 3 rings (SSSR count). The quantitative estimate of drug-likeness (QED) is 0.880. The minimum absolute atomic E-state index is 0.154. The molecule has 0 spiro atoms. The molecular formula is C15H13BrClNO2S. The van der Waals surface area contributed by atoms with Gasteiger partial charge in [0.15, 0.2) is 9.84 Å². The van der Waals surface area contributed by atoms with Crippen LogP contribution >= 0.6 is 27.5 Å². The van der Waals surface area contributed by atoms with E-state index in [0.29, 0.717) is 5.02 Å². The van der Waals surface area contributed by atoms with Gasteiger partial charge >= 0.3 is 0 Å². The van der Waals surface area contributed by atoms with E-state index >= 15 is 0 Å². The third kappa shape index (κ3) is 2.75. The fourth-order valence-corrected chi connectivity index (χ4v) is 5.02. The SMILES string of the molecule is N[C@@H]1[C@H](c2ccc(Br)cc2)[C@@H]1S(=O)(=O)c1ccc(Cl)cc1. The number of sulfone groups is 1. The van der Waals surface area contributed by atoms with E-state index in [1.54, 1.807) is 12.1 Å². The van der Waals surface area contributed by atoms with Gasteiger partial charge in [0.05, 0.1) is 10.1 Å². The van der Waals surface area contributed by atoms with Crippen molar-refractivity contribution in [2.75, 3.05) is 0 Å². The Labute approximate surface area is 137 Å². The minimum Gasteiger partial charge on any atom is -0.326 e. The van der Waals surface area contributed by atoms with E-state index in [-0.39, 0.29) is 16.9 Å². The second-order valence-corrected chi connectivity index (χ2v) is 8.58. The van der Waals surface area contributed by atoms with Crippen molar-refractivity contribution >= 4 is 37.4 Å². The predicted molar refractivity (Wildman–Crippen MR) is 87.3 cm³/mol. The van der Waals surface area contributed by atoms with Crippen LogP contribution in [0.5, 0.6) is 0 Å². The molecule has 21 heavy (non-hydrogen) atoms. The summed E-state index contributed by atoms with van der Waals surface area (Å²) in [4.78, 5) is 0.270. The van der Waals surface area contributed by atoms with Crippen LogP contribution in [0.15, 0.2) is 57.9 Å². The van der Waals surface area contributed by atoms with E-state index in [4.69, 9.17) is 17.3 Å². The summed E-state index contributed by atoms with van der Waals surface area (Å²) in [6, 6.07) is 13.5. The molecule has 1 aliphatic rings. The molecular weight excluding hydrogens is 374 g/mol. The Balaban J connectivity index is 1.91. The molecule has 0 heterocycles. The molecule has 0 saturated heterocycles. The van der Waals surface area contributed by atoms with Crippen molar-refractivity contribution in [2.24, 2.45) is 5.73 Å². The maximum absolute atomic E-state index is 12.6. The molecule has 1 saturated carbocycles. The lowest BCUT2D eigenvalue weighted by Crippen LogP contribution is -2.15. The van der Waals surface area contributed by atoms with Gasteiger partial charge in [-0.3, -0.25) is 0 Å². The van der Waals surface area contributed by atoms with Gasteiger partial charge in [0.2, 0.25) is 0 Å². The average Bonchev–Trinajstić information content (AvgIpc) is 3.12. The molecule has 110 valence electrons. The van der Waals surface area contributed by atoms with Crippen LogP contribution in [0, 0.1) is 0 Å². The van der Waals surface area contributed by atoms with Gasteiger partial charge in [-0.1, -0.05) is 39.7 Å². The van der Waals surface area contributed by atoms with Crippen molar-refractivity contribution in [1.29, 1.82) is 0 Å². The number of rotatable bonds is 3. The molecule has 0 radical (unpaired) electrons. The standard InChI is InChI=1S/C15H13BrClNO2S/c16-10-3-1-9(2-4-10)13-14(18)15(13)21(19,20)12-7-5-11(17)6-8-12/h1-8,13-15H,18H2/t13-,14+,15-/m0/s1. The maximum Gasteiger partial charge on any atom is 0.183 e. The van der Waals surface area contributed by atoms with E-state index in [1.807, 2.05) is 24.3 Å². The fraction of sp³-hybridized carbons (Fsp3) is 0.200. The maximum atomic E-state index is 12.6. The van der Waals surface area contributed by atoms with Gasteiger partial charge in [-0.25, -0.2) is 8.42 Å². The van der Waals surface area contributed by atoms with Crippen molar-refractivity contribution in [3.05, 3.63) is 63.6 Å². The summed E-state index contributed by atoms with van der Waals surface area (Å²) >= 11 is 9.17. The Hall–Kier alpha value is -0.880. The van der Waals surface area contributed by atoms with Crippen LogP contribution < -0.4 is 5.73 Å². The lowest BCUT2D eigenvalue weighted by atomic mass is 10.1. The number of hydrogen-bond donors (Lipinski definition) is 1. The molecule has 3 atom stereocenters. The number of nitrogens with two attached hydrogens (primary N) is 1. The number of hydrogen-bond acceptors (Lipinski definition) is 3. The van der Waals surface area contributed by atoms with Gasteiger partial charge < -0.3 is 5.73 Å². The third-order valence-corrected chi connectivity index (χ3v) is 6.80. The molecule has 3 nitrogen and oxygen atoms in total. The normalized spacial score (nSPS) is 24.8. The molecule has 0 unspecified atom stereocenters. The Morgan fingerprint density at radius 3 is 2.14 bits per heavy atom. The Kier molecular flexibility index (Phi) is 3.86. The van der Waals surface area contributed by atoms with Crippen molar-refractivity contribution in [2.45, 2.75) is 22.1 Å². The molecule has 0 amide bonds. The van der Waals surface area contributed by atoms with Gasteiger partial charge in [-0.15, -0.1) is 0 Å². The highest BCUT2D eigenvalue weighted by Crippen LogP contribution is 2.47. The van der Waals surface area contributed by atoms with Crippen molar-refractivity contribution in [1.82, 2.24) is 0 Å². The van der Waals surface area contributed by atoms with Gasteiger partial charge in [-0.2, -0.15) is 0 Å². The molecule has 2 aromatic rings. The lowest BCUT2D eigenvalue weighted by Gasteiger charge is -2.04. The van der Waals surface area contributed by atoms with Crippen LogP contribution in [0.1, 0.15) is 11.5 Å². The van der Waals surface area contributed by atoms with Crippen LogP contribution in [0.25, 0.3) is 0 Å². The molecule has 0 bridgehead atoms. The Morgan fingerprint density at radius 1 is 1.00 bits per heavy atom. The van der Waals surface area contributed by atoms with E-state index in [9.17, 15) is 8.42 Å². The molecule has 6 heteroatoms. The van der Waals surface area contributed by atoms with Crippen LogP contribution in [0.3, 0.4) is 0 Å². The summed E-state index contributed by atoms with van der Waals surface area (Å²) in [5, 5.41) is -0.0571. The molecule has 1 aliphatic carbocycles. The van der Waals surface area contributed by atoms with Crippen LogP contribution in [0.4, 0.5) is 0 Å². The summed E-state index contributed by atoms with van der Waals surface area (Å²) in [7, 11) is -3.43. The van der Waals surface area contributed by atoms with Crippen LogP contribution in [0.2, 0.25) is 5.02 Å². The zero-order chi connectivity index (χ0) is 15.2. The van der Waals surface area contributed by atoms with Crippen molar-refractivity contribution in [3.8, 4) is 0 Å². The zero-order valence-electron chi connectivity index (χ0n) is 10.9. The molecule has 2 aromatic carbocycles. The van der Waals surface area contributed by atoms with Crippen LogP contribution in [-0.2, 0) is 9.84 Å². The smallest absolute Gasteiger partial charge is 0.183 e. The van der Waals surface area contributed by atoms with E-state index < -0.39 is 15.1 Å². The predicted octanol–water partition coefficient (Wildman–Crippen LogP) is 3.37. The number of benzene rings is 2. The van der Waals surface area contributed by atoms with E-state index in [0.717, 1.165) is 10.0 Å².